The highest BCUT2D eigenvalue weighted by Crippen LogP contribution is 2.31. The van der Waals surface area contributed by atoms with Crippen LogP contribution in [0, 0.1) is 0 Å². The van der Waals surface area contributed by atoms with Gasteiger partial charge in [0, 0.05) is 31.0 Å². The highest BCUT2D eigenvalue weighted by Gasteiger charge is 2.28. The number of carboxylic acids is 1. The van der Waals surface area contributed by atoms with Gasteiger partial charge >= 0.3 is 5.97 Å². The second-order valence-electron chi connectivity index (χ2n) is 6.22. The molecule has 1 aromatic rings. The summed E-state index contributed by atoms with van der Waals surface area (Å²) in [5.41, 5.74) is 0.123. The maximum Gasteiger partial charge on any atom is 0.355 e. The van der Waals surface area contributed by atoms with Gasteiger partial charge in [-0.1, -0.05) is 0 Å². The predicted octanol–water partition coefficient (Wildman–Crippen LogP) is 2.51. The van der Waals surface area contributed by atoms with Crippen molar-refractivity contribution in [3.05, 3.63) is 16.1 Å². The SMILES string of the molecule is O=C(O)c1csc(C2CCN(C(=O)CC3CCCCO3)CC2)n1. The molecule has 126 valence electrons. The number of ether oxygens (including phenoxy) is 1. The fourth-order valence-corrected chi connectivity index (χ4v) is 4.21. The minimum absolute atomic E-state index is 0.0889. The first-order valence-electron chi connectivity index (χ1n) is 8.21. The zero-order valence-corrected chi connectivity index (χ0v) is 13.9. The lowest BCUT2D eigenvalue weighted by molar-refractivity contribution is -0.136. The van der Waals surface area contributed by atoms with E-state index in [-0.39, 0.29) is 23.6 Å². The van der Waals surface area contributed by atoms with Crippen LogP contribution >= 0.6 is 11.3 Å². The highest BCUT2D eigenvalue weighted by atomic mass is 32.1. The number of carbonyl (C=O) groups is 2. The topological polar surface area (TPSA) is 79.7 Å². The number of nitrogens with zero attached hydrogens (tertiary/aromatic N) is 2. The molecule has 2 fully saturated rings. The Morgan fingerprint density at radius 3 is 2.70 bits per heavy atom. The molecule has 6 nitrogen and oxygen atoms in total. The number of aromatic nitrogens is 1. The Labute approximate surface area is 139 Å². The summed E-state index contributed by atoms with van der Waals surface area (Å²) >= 11 is 1.41. The second-order valence-corrected chi connectivity index (χ2v) is 7.11. The van der Waals surface area contributed by atoms with Gasteiger partial charge in [0.1, 0.15) is 0 Å². The lowest BCUT2D eigenvalue weighted by Crippen LogP contribution is -2.40. The van der Waals surface area contributed by atoms with Gasteiger partial charge in [-0.2, -0.15) is 0 Å². The maximum absolute atomic E-state index is 12.4. The zero-order chi connectivity index (χ0) is 16.2. The third-order valence-electron chi connectivity index (χ3n) is 4.61. The van der Waals surface area contributed by atoms with E-state index in [0.717, 1.165) is 56.8 Å². The molecule has 3 rings (SSSR count). The van der Waals surface area contributed by atoms with Crippen molar-refractivity contribution in [1.29, 1.82) is 0 Å². The molecule has 23 heavy (non-hydrogen) atoms. The van der Waals surface area contributed by atoms with E-state index in [9.17, 15) is 9.59 Å². The number of thiazole rings is 1. The molecule has 0 saturated carbocycles. The molecular formula is C16H22N2O4S. The number of likely N-dealkylation sites (tertiary alicyclic amines) is 1. The van der Waals surface area contributed by atoms with E-state index in [2.05, 4.69) is 4.98 Å². The molecule has 0 aromatic carbocycles. The smallest absolute Gasteiger partial charge is 0.355 e. The molecule has 3 heterocycles. The lowest BCUT2D eigenvalue weighted by atomic mass is 9.96. The molecular weight excluding hydrogens is 316 g/mol. The number of hydrogen-bond acceptors (Lipinski definition) is 5. The third-order valence-corrected chi connectivity index (χ3v) is 5.62. The van der Waals surface area contributed by atoms with Crippen LogP contribution in [0.5, 0.6) is 0 Å². The molecule has 1 atom stereocenters. The molecule has 1 aromatic heterocycles. The average Bonchev–Trinajstić information content (AvgIpc) is 3.06. The average molecular weight is 338 g/mol. The second kappa shape index (κ2) is 7.40. The van der Waals surface area contributed by atoms with Crippen molar-refractivity contribution in [2.24, 2.45) is 0 Å². The fourth-order valence-electron chi connectivity index (χ4n) is 3.24. The van der Waals surface area contributed by atoms with E-state index in [0.29, 0.717) is 6.42 Å². The Hall–Kier alpha value is -1.47. The van der Waals surface area contributed by atoms with Gasteiger partial charge in [0.05, 0.1) is 17.5 Å². The van der Waals surface area contributed by atoms with Crippen molar-refractivity contribution in [1.82, 2.24) is 9.88 Å². The molecule has 1 amide bonds. The lowest BCUT2D eigenvalue weighted by Gasteiger charge is -2.32. The number of amides is 1. The van der Waals surface area contributed by atoms with Gasteiger partial charge in [-0.15, -0.1) is 11.3 Å². The monoisotopic (exact) mass is 338 g/mol. The van der Waals surface area contributed by atoms with Crippen molar-refractivity contribution < 1.29 is 19.4 Å². The van der Waals surface area contributed by atoms with Crippen LogP contribution in [0.4, 0.5) is 0 Å². The van der Waals surface area contributed by atoms with E-state index in [1.807, 2.05) is 4.90 Å². The largest absolute Gasteiger partial charge is 0.476 e. The molecule has 1 unspecified atom stereocenters. The number of hydrogen-bond donors (Lipinski definition) is 1. The van der Waals surface area contributed by atoms with Crippen LogP contribution in [0.15, 0.2) is 5.38 Å². The van der Waals surface area contributed by atoms with Crippen molar-refractivity contribution in [3.63, 3.8) is 0 Å². The minimum atomic E-state index is -0.979. The van der Waals surface area contributed by atoms with Crippen LogP contribution in [-0.4, -0.2) is 52.7 Å². The van der Waals surface area contributed by atoms with E-state index < -0.39 is 5.97 Å². The van der Waals surface area contributed by atoms with Gasteiger partial charge in [-0.25, -0.2) is 9.78 Å². The standard InChI is InChI=1S/C16H22N2O4S/c19-14(9-12-3-1-2-8-22-12)18-6-4-11(5-7-18)15-17-13(10-23-15)16(20)21/h10-12H,1-9H2,(H,20,21). The van der Waals surface area contributed by atoms with Crippen molar-refractivity contribution in [2.75, 3.05) is 19.7 Å². The molecule has 0 spiro atoms. The fraction of sp³-hybridized carbons (Fsp3) is 0.688. The van der Waals surface area contributed by atoms with Gasteiger partial charge in [-0.3, -0.25) is 4.79 Å². The molecule has 2 aliphatic rings. The summed E-state index contributed by atoms with van der Waals surface area (Å²) in [6.45, 7) is 2.21. The van der Waals surface area contributed by atoms with E-state index in [4.69, 9.17) is 9.84 Å². The first-order valence-corrected chi connectivity index (χ1v) is 9.09. The molecule has 7 heteroatoms. The zero-order valence-electron chi connectivity index (χ0n) is 13.1. The van der Waals surface area contributed by atoms with E-state index >= 15 is 0 Å². The Morgan fingerprint density at radius 2 is 2.09 bits per heavy atom. The first-order chi connectivity index (χ1) is 11.1. The van der Waals surface area contributed by atoms with Crippen molar-refractivity contribution in [2.45, 2.75) is 50.5 Å². The summed E-state index contributed by atoms with van der Waals surface area (Å²) in [5, 5.41) is 11.4. The summed E-state index contributed by atoms with van der Waals surface area (Å²) in [6.07, 6.45) is 5.52. The Bertz CT molecular complexity index is 560. The molecule has 0 aliphatic carbocycles. The molecule has 1 N–H and O–H groups in total. The van der Waals surface area contributed by atoms with Crippen molar-refractivity contribution in [3.8, 4) is 0 Å². The van der Waals surface area contributed by atoms with Gasteiger partial charge in [0.25, 0.3) is 0 Å². The van der Waals surface area contributed by atoms with Crippen LogP contribution in [0.2, 0.25) is 0 Å². The summed E-state index contributed by atoms with van der Waals surface area (Å²) in [4.78, 5) is 29.4. The van der Waals surface area contributed by atoms with Crippen LogP contribution in [0.3, 0.4) is 0 Å². The summed E-state index contributed by atoms with van der Waals surface area (Å²) in [7, 11) is 0. The van der Waals surface area contributed by atoms with E-state index in [1.165, 1.54) is 11.3 Å². The minimum Gasteiger partial charge on any atom is -0.476 e. The van der Waals surface area contributed by atoms with Gasteiger partial charge in [0.2, 0.25) is 5.91 Å². The predicted molar refractivity (Wildman–Crippen MR) is 85.8 cm³/mol. The van der Waals surface area contributed by atoms with Crippen LogP contribution in [0.1, 0.15) is 59.9 Å². The summed E-state index contributed by atoms with van der Waals surface area (Å²) in [6, 6.07) is 0. The van der Waals surface area contributed by atoms with Gasteiger partial charge in [-0.05, 0) is 32.1 Å². The molecule has 0 bridgehead atoms. The first kappa shape index (κ1) is 16.4. The Kier molecular flexibility index (Phi) is 5.27. The summed E-state index contributed by atoms with van der Waals surface area (Å²) in [5.74, 6) is -0.531. The van der Waals surface area contributed by atoms with Crippen molar-refractivity contribution >= 4 is 23.2 Å². The number of carboxylic acid groups (broad SMARTS) is 1. The quantitative estimate of drug-likeness (QED) is 0.912. The Morgan fingerprint density at radius 1 is 1.30 bits per heavy atom. The number of piperidine rings is 1. The molecule has 0 radical (unpaired) electrons. The number of aromatic carboxylic acids is 1. The van der Waals surface area contributed by atoms with Crippen LogP contribution in [-0.2, 0) is 9.53 Å². The van der Waals surface area contributed by atoms with Gasteiger partial charge < -0.3 is 14.7 Å². The van der Waals surface area contributed by atoms with Crippen LogP contribution in [0.25, 0.3) is 0 Å². The number of rotatable bonds is 4. The highest BCUT2D eigenvalue weighted by molar-refractivity contribution is 7.09. The third kappa shape index (κ3) is 4.09. The molecule has 2 aliphatic heterocycles. The Balaban J connectivity index is 1.49. The normalized spacial score (nSPS) is 23.0. The summed E-state index contributed by atoms with van der Waals surface area (Å²) < 4.78 is 5.64. The van der Waals surface area contributed by atoms with Gasteiger partial charge in [0.15, 0.2) is 5.69 Å². The van der Waals surface area contributed by atoms with E-state index in [1.54, 1.807) is 5.38 Å². The number of carbonyl (C=O) groups excluding carboxylic acids is 1. The van der Waals surface area contributed by atoms with Crippen LogP contribution < -0.4 is 0 Å². The molecule has 2 saturated heterocycles. The maximum atomic E-state index is 12.4.